The van der Waals surface area contributed by atoms with Crippen LogP contribution in [0.2, 0.25) is 0 Å². The fraction of sp³-hybridized carbons (Fsp3) is 0.250. The third-order valence-electron chi connectivity index (χ3n) is 3.26. The number of carbonyl (C=O) groups excluding carboxylic acids is 2. The molecule has 0 unspecified atom stereocenters. The minimum atomic E-state index is -0.590. The molecule has 0 aliphatic carbocycles. The van der Waals surface area contributed by atoms with Crippen molar-refractivity contribution in [2.45, 2.75) is 33.0 Å². The van der Waals surface area contributed by atoms with Gasteiger partial charge in [-0.15, -0.1) is 0 Å². The lowest BCUT2D eigenvalue weighted by Crippen LogP contribution is -2.27. The average Bonchev–Trinajstić information content (AvgIpc) is 2.58. The van der Waals surface area contributed by atoms with Gasteiger partial charge >= 0.3 is 12.1 Å². The minimum absolute atomic E-state index is 0.0144. The van der Waals surface area contributed by atoms with Gasteiger partial charge in [-0.3, -0.25) is 5.32 Å². The van der Waals surface area contributed by atoms with Crippen molar-refractivity contribution in [3.63, 3.8) is 0 Å². The number of nitrogens with zero attached hydrogens (tertiary/aromatic N) is 1. The number of amides is 1. The molecule has 26 heavy (non-hydrogen) atoms. The highest BCUT2D eigenvalue weighted by molar-refractivity contribution is 5.91. The summed E-state index contributed by atoms with van der Waals surface area (Å²) in [6.45, 7) is 5.34. The van der Waals surface area contributed by atoms with Gasteiger partial charge in [0.1, 0.15) is 12.2 Å². The van der Waals surface area contributed by atoms with E-state index in [1.54, 1.807) is 69.3 Å². The molecule has 134 valence electrons. The van der Waals surface area contributed by atoms with Crippen LogP contribution in [0, 0.1) is 11.3 Å². The van der Waals surface area contributed by atoms with Crippen LogP contribution in [-0.4, -0.2) is 17.7 Å². The second-order valence-corrected chi connectivity index (χ2v) is 6.55. The molecule has 0 aliphatic heterocycles. The third-order valence-corrected chi connectivity index (χ3v) is 3.26. The van der Waals surface area contributed by atoms with E-state index in [-0.39, 0.29) is 6.61 Å². The zero-order chi connectivity index (χ0) is 19.2. The summed E-state index contributed by atoms with van der Waals surface area (Å²) in [6, 6.07) is 15.3. The highest BCUT2D eigenvalue weighted by Gasteiger charge is 2.16. The monoisotopic (exact) mass is 352 g/mol. The summed E-state index contributed by atoms with van der Waals surface area (Å²) >= 11 is 0. The van der Waals surface area contributed by atoms with Crippen LogP contribution in [0.25, 0.3) is 0 Å². The predicted octanol–water partition coefficient (Wildman–Crippen LogP) is 4.26. The lowest BCUT2D eigenvalue weighted by Gasteiger charge is -2.19. The van der Waals surface area contributed by atoms with E-state index in [1.165, 1.54) is 0 Å². The Morgan fingerprint density at radius 2 is 1.73 bits per heavy atom. The van der Waals surface area contributed by atoms with Gasteiger partial charge in [-0.05, 0) is 51.1 Å². The molecule has 0 spiro atoms. The molecule has 0 atom stereocenters. The van der Waals surface area contributed by atoms with Crippen molar-refractivity contribution in [3.8, 4) is 6.07 Å². The molecular formula is C20H20N2O4. The van der Waals surface area contributed by atoms with E-state index in [0.717, 1.165) is 0 Å². The maximum Gasteiger partial charge on any atom is 0.412 e. The van der Waals surface area contributed by atoms with Crippen molar-refractivity contribution >= 4 is 17.7 Å². The number of benzene rings is 2. The topological polar surface area (TPSA) is 88.4 Å². The zero-order valence-electron chi connectivity index (χ0n) is 14.9. The first-order valence-electron chi connectivity index (χ1n) is 8.04. The van der Waals surface area contributed by atoms with Crippen molar-refractivity contribution in [2.24, 2.45) is 0 Å². The van der Waals surface area contributed by atoms with Gasteiger partial charge in [-0.1, -0.05) is 18.2 Å². The second-order valence-electron chi connectivity index (χ2n) is 6.55. The summed E-state index contributed by atoms with van der Waals surface area (Å²) in [5.41, 5.74) is 1.37. The van der Waals surface area contributed by atoms with Gasteiger partial charge in [0.05, 0.1) is 17.2 Å². The number of hydrogen-bond donors (Lipinski definition) is 1. The van der Waals surface area contributed by atoms with Gasteiger partial charge in [0.25, 0.3) is 0 Å². The molecule has 2 rings (SSSR count). The van der Waals surface area contributed by atoms with Gasteiger partial charge in [0, 0.05) is 11.3 Å². The maximum atomic E-state index is 12.1. The van der Waals surface area contributed by atoms with Crippen LogP contribution in [0.5, 0.6) is 0 Å². The van der Waals surface area contributed by atoms with Crippen LogP contribution in [0.4, 0.5) is 10.5 Å². The number of nitrogens with one attached hydrogen (secondary N) is 1. The lowest BCUT2D eigenvalue weighted by atomic mass is 10.1. The average molecular weight is 352 g/mol. The molecular weight excluding hydrogens is 332 g/mol. The molecule has 0 aliphatic rings. The summed E-state index contributed by atoms with van der Waals surface area (Å²) < 4.78 is 10.4. The highest BCUT2D eigenvalue weighted by Crippen LogP contribution is 2.15. The SMILES string of the molecule is CC(C)(C)OC(=O)Nc1ccc(C(=O)OCc2ccccc2C#N)cc1. The van der Waals surface area contributed by atoms with Crippen molar-refractivity contribution in [1.29, 1.82) is 5.26 Å². The van der Waals surface area contributed by atoms with Gasteiger partial charge in [0.15, 0.2) is 0 Å². The summed E-state index contributed by atoms with van der Waals surface area (Å²) in [6.07, 6.45) is -0.569. The van der Waals surface area contributed by atoms with Crippen molar-refractivity contribution in [2.75, 3.05) is 5.32 Å². The Morgan fingerprint density at radius 1 is 1.08 bits per heavy atom. The molecule has 0 fully saturated rings. The lowest BCUT2D eigenvalue weighted by molar-refractivity contribution is 0.0472. The number of hydrogen-bond acceptors (Lipinski definition) is 5. The summed E-state index contributed by atoms with van der Waals surface area (Å²) in [4.78, 5) is 23.8. The Bertz CT molecular complexity index is 830. The first-order valence-corrected chi connectivity index (χ1v) is 8.04. The third kappa shape index (κ3) is 5.64. The van der Waals surface area contributed by atoms with E-state index in [0.29, 0.717) is 22.4 Å². The molecule has 2 aromatic carbocycles. The molecule has 1 amide bonds. The van der Waals surface area contributed by atoms with Crippen molar-refractivity contribution < 1.29 is 19.1 Å². The van der Waals surface area contributed by atoms with Gasteiger partial charge < -0.3 is 9.47 Å². The van der Waals surface area contributed by atoms with Crippen LogP contribution < -0.4 is 5.32 Å². The Labute approximate surface area is 152 Å². The summed E-state index contributed by atoms with van der Waals surface area (Å²) in [5.74, 6) is -0.512. The first-order chi connectivity index (χ1) is 12.3. The van der Waals surface area contributed by atoms with Crippen LogP contribution in [0.1, 0.15) is 42.3 Å². The Kier molecular flexibility index (Phi) is 5.97. The number of carbonyl (C=O) groups is 2. The number of esters is 1. The molecule has 0 saturated heterocycles. The van der Waals surface area contributed by atoms with Gasteiger partial charge in [-0.25, -0.2) is 9.59 Å². The molecule has 1 N–H and O–H groups in total. The van der Waals surface area contributed by atoms with E-state index in [1.807, 2.05) is 0 Å². The molecule has 2 aromatic rings. The van der Waals surface area contributed by atoms with E-state index in [9.17, 15) is 9.59 Å². The first kappa shape index (κ1) is 19.0. The molecule has 0 radical (unpaired) electrons. The van der Waals surface area contributed by atoms with Crippen molar-refractivity contribution in [3.05, 3.63) is 65.2 Å². The molecule has 0 bridgehead atoms. The van der Waals surface area contributed by atoms with Crippen LogP contribution >= 0.6 is 0 Å². The summed E-state index contributed by atoms with van der Waals surface area (Å²) in [7, 11) is 0. The number of anilines is 1. The Morgan fingerprint density at radius 3 is 2.35 bits per heavy atom. The van der Waals surface area contributed by atoms with E-state index in [4.69, 9.17) is 14.7 Å². The van der Waals surface area contributed by atoms with Crippen LogP contribution in [0.3, 0.4) is 0 Å². The number of nitriles is 1. The van der Waals surface area contributed by atoms with Gasteiger partial charge in [-0.2, -0.15) is 5.26 Å². The predicted molar refractivity (Wildman–Crippen MR) is 96.6 cm³/mol. The zero-order valence-corrected chi connectivity index (χ0v) is 14.9. The number of ether oxygens (including phenoxy) is 2. The molecule has 0 aromatic heterocycles. The molecule has 6 nitrogen and oxygen atoms in total. The van der Waals surface area contributed by atoms with Crippen LogP contribution in [-0.2, 0) is 16.1 Å². The standard InChI is InChI=1S/C20H20N2O4/c1-20(2,3)26-19(24)22-17-10-8-14(9-11-17)18(23)25-13-16-7-5-4-6-15(16)12-21/h4-11H,13H2,1-3H3,(H,22,24). The Balaban J connectivity index is 1.94. The van der Waals surface area contributed by atoms with Crippen LogP contribution in [0.15, 0.2) is 48.5 Å². The molecule has 0 heterocycles. The maximum absolute atomic E-state index is 12.1. The number of rotatable bonds is 4. The fourth-order valence-corrected chi connectivity index (χ4v) is 2.09. The quantitative estimate of drug-likeness (QED) is 0.831. The van der Waals surface area contributed by atoms with E-state index < -0.39 is 17.7 Å². The molecule has 0 saturated carbocycles. The fourth-order valence-electron chi connectivity index (χ4n) is 2.09. The van der Waals surface area contributed by atoms with Crippen molar-refractivity contribution in [1.82, 2.24) is 0 Å². The highest BCUT2D eigenvalue weighted by atomic mass is 16.6. The second kappa shape index (κ2) is 8.17. The molecule has 6 heteroatoms. The Hall–Kier alpha value is -3.33. The van der Waals surface area contributed by atoms with E-state index in [2.05, 4.69) is 11.4 Å². The largest absolute Gasteiger partial charge is 0.457 e. The normalized spacial score (nSPS) is 10.5. The van der Waals surface area contributed by atoms with Gasteiger partial charge in [0.2, 0.25) is 0 Å². The summed E-state index contributed by atoms with van der Waals surface area (Å²) in [5, 5.41) is 11.6. The minimum Gasteiger partial charge on any atom is -0.457 e. The smallest absolute Gasteiger partial charge is 0.412 e. The van der Waals surface area contributed by atoms with E-state index >= 15 is 0 Å².